The number of urea groups is 1. The first-order chi connectivity index (χ1) is 12.4. The van der Waals surface area contributed by atoms with Crippen LogP contribution in [0.2, 0.25) is 0 Å². The molecule has 1 fully saturated rings. The van der Waals surface area contributed by atoms with Gasteiger partial charge in [0, 0.05) is 0 Å². The van der Waals surface area contributed by atoms with E-state index in [1.165, 1.54) is 6.08 Å². The number of barbiturate groups is 1. The summed E-state index contributed by atoms with van der Waals surface area (Å²) < 4.78 is 6.05. The second kappa shape index (κ2) is 7.28. The highest BCUT2D eigenvalue weighted by Crippen LogP contribution is 2.25. The fourth-order valence-electron chi connectivity index (χ4n) is 2.60. The van der Waals surface area contributed by atoms with Crippen LogP contribution in [-0.4, -0.2) is 25.0 Å². The van der Waals surface area contributed by atoms with E-state index in [0.29, 0.717) is 17.0 Å². The van der Waals surface area contributed by atoms with Gasteiger partial charge in [-0.3, -0.25) is 14.9 Å². The zero-order valence-corrected chi connectivity index (χ0v) is 16.2. The highest BCUT2D eigenvalue weighted by molar-refractivity contribution is 14.1. The van der Waals surface area contributed by atoms with E-state index in [1.54, 1.807) is 43.5 Å². The molecule has 6 nitrogen and oxygen atoms in total. The summed E-state index contributed by atoms with van der Waals surface area (Å²) in [4.78, 5) is 38.2. The Labute approximate surface area is 164 Å². The van der Waals surface area contributed by atoms with Crippen molar-refractivity contribution in [2.75, 3.05) is 12.0 Å². The standard InChI is InChI=1S/C19H15IN2O4/c1-11-4-3-5-13(8-11)22-18(24)14(17(23)21-19(22)25)9-12-6-7-16(26-2)15(20)10-12/h3-10H,1-2H3,(H,21,23,25)/b14-9+. The average Bonchev–Trinajstić information content (AvgIpc) is 2.58. The second-order valence-electron chi connectivity index (χ2n) is 5.69. The first-order valence-corrected chi connectivity index (χ1v) is 8.80. The fourth-order valence-corrected chi connectivity index (χ4v) is 3.36. The first kappa shape index (κ1) is 18.1. The molecule has 0 aromatic heterocycles. The van der Waals surface area contributed by atoms with Gasteiger partial charge in [0.25, 0.3) is 11.8 Å². The lowest BCUT2D eigenvalue weighted by Crippen LogP contribution is -2.54. The molecular weight excluding hydrogens is 447 g/mol. The van der Waals surface area contributed by atoms with E-state index in [1.807, 2.05) is 13.0 Å². The van der Waals surface area contributed by atoms with Gasteiger partial charge in [0.15, 0.2) is 0 Å². The second-order valence-corrected chi connectivity index (χ2v) is 6.85. The number of nitrogens with one attached hydrogen (secondary N) is 1. The lowest BCUT2D eigenvalue weighted by Gasteiger charge is -2.26. The molecule has 0 radical (unpaired) electrons. The monoisotopic (exact) mass is 462 g/mol. The maximum absolute atomic E-state index is 12.8. The lowest BCUT2D eigenvalue weighted by molar-refractivity contribution is -0.122. The van der Waals surface area contributed by atoms with Crippen LogP contribution in [0.15, 0.2) is 48.0 Å². The summed E-state index contributed by atoms with van der Waals surface area (Å²) >= 11 is 2.11. The molecule has 1 N–H and O–H groups in total. The van der Waals surface area contributed by atoms with Crippen molar-refractivity contribution in [3.8, 4) is 5.75 Å². The van der Waals surface area contributed by atoms with Gasteiger partial charge < -0.3 is 4.74 Å². The number of ether oxygens (including phenoxy) is 1. The molecule has 2 aromatic rings. The molecule has 1 heterocycles. The molecule has 2 aromatic carbocycles. The fraction of sp³-hybridized carbons (Fsp3) is 0.105. The topological polar surface area (TPSA) is 75.7 Å². The molecule has 0 atom stereocenters. The minimum Gasteiger partial charge on any atom is -0.496 e. The highest BCUT2D eigenvalue weighted by atomic mass is 127. The van der Waals surface area contributed by atoms with Crippen LogP contribution in [0, 0.1) is 10.5 Å². The van der Waals surface area contributed by atoms with Gasteiger partial charge in [0.05, 0.1) is 16.4 Å². The number of methoxy groups -OCH3 is 1. The van der Waals surface area contributed by atoms with Crippen molar-refractivity contribution < 1.29 is 19.1 Å². The predicted octanol–water partition coefficient (Wildman–Crippen LogP) is 3.27. The van der Waals surface area contributed by atoms with Crippen LogP contribution < -0.4 is 15.0 Å². The zero-order chi connectivity index (χ0) is 18.8. The molecular formula is C19H15IN2O4. The summed E-state index contributed by atoms with van der Waals surface area (Å²) in [6, 6.07) is 11.5. The Bertz CT molecular complexity index is 952. The molecule has 7 heteroatoms. The van der Waals surface area contributed by atoms with Crippen LogP contribution in [0.4, 0.5) is 10.5 Å². The third-order valence-electron chi connectivity index (χ3n) is 3.85. The van der Waals surface area contributed by atoms with E-state index in [2.05, 4.69) is 27.9 Å². The Morgan fingerprint density at radius 2 is 1.88 bits per heavy atom. The summed E-state index contributed by atoms with van der Waals surface area (Å²) in [6.45, 7) is 1.86. The number of carbonyl (C=O) groups is 3. The average molecular weight is 462 g/mol. The van der Waals surface area contributed by atoms with Crippen molar-refractivity contribution in [1.29, 1.82) is 0 Å². The van der Waals surface area contributed by atoms with Crippen LogP contribution in [0.3, 0.4) is 0 Å². The number of carbonyl (C=O) groups excluding carboxylic acids is 3. The maximum atomic E-state index is 12.8. The summed E-state index contributed by atoms with van der Waals surface area (Å²) in [6.07, 6.45) is 1.47. The minimum absolute atomic E-state index is 0.105. The van der Waals surface area contributed by atoms with Gasteiger partial charge in [-0.25, -0.2) is 9.69 Å². The Hall–Kier alpha value is -2.68. The van der Waals surface area contributed by atoms with Gasteiger partial charge in [-0.15, -0.1) is 0 Å². The molecule has 1 aliphatic heterocycles. The first-order valence-electron chi connectivity index (χ1n) is 7.72. The van der Waals surface area contributed by atoms with Crippen molar-refractivity contribution in [3.05, 3.63) is 62.7 Å². The number of rotatable bonds is 3. The molecule has 1 aliphatic rings. The number of hydrogen-bond donors (Lipinski definition) is 1. The summed E-state index contributed by atoms with van der Waals surface area (Å²) in [5, 5.41) is 2.22. The molecule has 3 rings (SSSR count). The number of amides is 4. The van der Waals surface area contributed by atoms with E-state index in [4.69, 9.17) is 4.74 Å². The van der Waals surface area contributed by atoms with Gasteiger partial charge in [-0.1, -0.05) is 18.2 Å². The normalized spacial score (nSPS) is 16.0. The number of imide groups is 2. The predicted molar refractivity (Wildman–Crippen MR) is 106 cm³/mol. The quantitative estimate of drug-likeness (QED) is 0.432. The minimum atomic E-state index is -0.757. The molecule has 0 spiro atoms. The number of benzene rings is 2. The molecule has 132 valence electrons. The van der Waals surface area contributed by atoms with Crippen LogP contribution in [-0.2, 0) is 9.59 Å². The van der Waals surface area contributed by atoms with Crippen LogP contribution in [0.1, 0.15) is 11.1 Å². The van der Waals surface area contributed by atoms with Crippen LogP contribution in [0.25, 0.3) is 6.08 Å². The molecule has 0 saturated carbocycles. The van der Waals surface area contributed by atoms with Gasteiger partial charge in [-0.2, -0.15) is 0 Å². The zero-order valence-electron chi connectivity index (χ0n) is 14.1. The van der Waals surface area contributed by atoms with Crippen molar-refractivity contribution in [1.82, 2.24) is 5.32 Å². The largest absolute Gasteiger partial charge is 0.496 e. The van der Waals surface area contributed by atoms with Crippen molar-refractivity contribution in [3.63, 3.8) is 0 Å². The molecule has 1 saturated heterocycles. The van der Waals surface area contributed by atoms with Gasteiger partial charge in [0.1, 0.15) is 11.3 Å². The number of nitrogens with zero attached hydrogens (tertiary/aromatic N) is 1. The van der Waals surface area contributed by atoms with Crippen LogP contribution >= 0.6 is 22.6 Å². The summed E-state index contributed by atoms with van der Waals surface area (Å²) in [5.74, 6) is -0.673. The molecule has 0 bridgehead atoms. The number of halogens is 1. The van der Waals surface area contributed by atoms with Crippen molar-refractivity contribution in [2.24, 2.45) is 0 Å². The van der Waals surface area contributed by atoms with Gasteiger partial charge >= 0.3 is 6.03 Å². The van der Waals surface area contributed by atoms with Gasteiger partial charge in [0.2, 0.25) is 0 Å². The Kier molecular flexibility index (Phi) is 5.08. The molecule has 4 amide bonds. The van der Waals surface area contributed by atoms with Crippen molar-refractivity contribution in [2.45, 2.75) is 6.92 Å². The Morgan fingerprint density at radius 1 is 1.12 bits per heavy atom. The summed E-state index contributed by atoms with van der Waals surface area (Å²) in [7, 11) is 1.57. The molecule has 0 aliphatic carbocycles. The van der Waals surface area contributed by atoms with E-state index in [9.17, 15) is 14.4 Å². The molecule has 0 unspecified atom stereocenters. The summed E-state index contributed by atoms with van der Waals surface area (Å²) in [5.41, 5.74) is 1.87. The maximum Gasteiger partial charge on any atom is 0.335 e. The molecule has 26 heavy (non-hydrogen) atoms. The smallest absolute Gasteiger partial charge is 0.335 e. The van der Waals surface area contributed by atoms with E-state index in [0.717, 1.165) is 14.0 Å². The third-order valence-corrected chi connectivity index (χ3v) is 4.69. The number of anilines is 1. The van der Waals surface area contributed by atoms with Crippen LogP contribution in [0.5, 0.6) is 5.75 Å². The van der Waals surface area contributed by atoms with Gasteiger partial charge in [-0.05, 0) is 71.0 Å². The third kappa shape index (κ3) is 3.48. The SMILES string of the molecule is COc1ccc(/C=C2\C(=O)NC(=O)N(c3cccc(C)c3)C2=O)cc1I. The highest BCUT2D eigenvalue weighted by Gasteiger charge is 2.36. The van der Waals surface area contributed by atoms with Crippen molar-refractivity contribution >= 4 is 52.2 Å². The Balaban J connectivity index is 2.01. The number of hydrogen-bond acceptors (Lipinski definition) is 4. The van der Waals surface area contributed by atoms with E-state index < -0.39 is 17.8 Å². The van der Waals surface area contributed by atoms with E-state index in [-0.39, 0.29) is 5.57 Å². The number of aryl methyl sites for hydroxylation is 1. The Morgan fingerprint density at radius 3 is 2.54 bits per heavy atom. The lowest BCUT2D eigenvalue weighted by atomic mass is 10.1. The van der Waals surface area contributed by atoms with E-state index >= 15 is 0 Å².